The van der Waals surface area contributed by atoms with Crippen LogP contribution in [-0.4, -0.2) is 9.55 Å². The van der Waals surface area contributed by atoms with Crippen LogP contribution in [0.1, 0.15) is 107 Å². The van der Waals surface area contributed by atoms with Gasteiger partial charge in [0.2, 0.25) is 5.65 Å². The Kier molecular flexibility index (Phi) is 3.95. The Hall–Kier alpha value is -2.68. The van der Waals surface area contributed by atoms with Gasteiger partial charge >= 0.3 is 5.65 Å². The Morgan fingerprint density at radius 3 is 2.59 bits per heavy atom. The van der Waals surface area contributed by atoms with Gasteiger partial charge in [0, 0.05) is 11.3 Å². The highest BCUT2D eigenvalue weighted by Gasteiger charge is 2.51. The lowest BCUT2D eigenvalue weighted by Crippen LogP contribution is -2.42. The first-order valence-corrected chi connectivity index (χ1v) is 13.3. The van der Waals surface area contributed by atoms with E-state index in [1.54, 1.807) is 16.7 Å². The molecule has 0 saturated heterocycles. The summed E-state index contributed by atoms with van der Waals surface area (Å²) in [5.41, 5.74) is 9.76. The second-order valence-corrected chi connectivity index (χ2v) is 12.1. The van der Waals surface area contributed by atoms with Crippen molar-refractivity contribution in [3.05, 3.63) is 65.5 Å². The van der Waals surface area contributed by atoms with Crippen molar-refractivity contribution in [2.75, 3.05) is 0 Å². The van der Waals surface area contributed by atoms with Crippen molar-refractivity contribution in [2.45, 2.75) is 95.4 Å². The molecule has 1 aliphatic heterocycles. The normalized spacial score (nSPS) is 24.6. The maximum absolute atomic E-state index is 5.29. The molecule has 3 aliphatic rings. The summed E-state index contributed by atoms with van der Waals surface area (Å²) in [5, 5.41) is 2.85. The fourth-order valence-electron chi connectivity index (χ4n) is 8.05. The van der Waals surface area contributed by atoms with Crippen molar-refractivity contribution in [2.24, 2.45) is 0 Å². The first-order chi connectivity index (χ1) is 16.3. The maximum Gasteiger partial charge on any atom is 0.306 e. The summed E-state index contributed by atoms with van der Waals surface area (Å²) in [4.78, 5) is 5.29. The smallest absolute Gasteiger partial charge is 0.246 e. The van der Waals surface area contributed by atoms with Crippen molar-refractivity contribution in [1.82, 2.24) is 9.55 Å². The number of fused-ring (bicyclic) bond motifs is 9. The molecule has 3 unspecified atom stereocenters. The number of rotatable bonds is 3. The number of nitrogens with zero attached hydrogens (tertiary/aromatic N) is 3. The Morgan fingerprint density at radius 2 is 1.88 bits per heavy atom. The third kappa shape index (κ3) is 2.25. The van der Waals surface area contributed by atoms with E-state index in [1.807, 2.05) is 0 Å². The highest BCUT2D eigenvalue weighted by molar-refractivity contribution is 6.01. The van der Waals surface area contributed by atoms with Crippen molar-refractivity contribution in [3.63, 3.8) is 0 Å². The van der Waals surface area contributed by atoms with Crippen LogP contribution in [0.3, 0.4) is 0 Å². The molecule has 0 spiro atoms. The number of hydrogen-bond acceptors (Lipinski definition) is 1. The van der Waals surface area contributed by atoms with E-state index in [-0.39, 0.29) is 11.0 Å². The summed E-state index contributed by atoms with van der Waals surface area (Å²) >= 11 is 0. The predicted octanol–water partition coefficient (Wildman–Crippen LogP) is 7.39. The SMILES string of the molecule is C=CC1c2c3c(cc4cc[n+]5c6nc(C(C)(C)C)ccc6n(c5c24)C1(CC)CC)C1CCC3C1. The van der Waals surface area contributed by atoms with Gasteiger partial charge in [-0.3, -0.25) is 0 Å². The average molecular weight is 451 g/mol. The molecule has 4 aromatic rings. The van der Waals surface area contributed by atoms with Crippen LogP contribution in [0.15, 0.2) is 43.1 Å². The fourth-order valence-corrected chi connectivity index (χ4v) is 8.05. The zero-order chi connectivity index (χ0) is 23.6. The summed E-state index contributed by atoms with van der Waals surface area (Å²) < 4.78 is 5.07. The van der Waals surface area contributed by atoms with E-state index < -0.39 is 0 Å². The molecule has 3 nitrogen and oxygen atoms in total. The first-order valence-electron chi connectivity index (χ1n) is 13.3. The molecule has 0 N–H and O–H groups in total. The van der Waals surface area contributed by atoms with E-state index in [2.05, 4.69) is 86.7 Å². The third-order valence-electron chi connectivity index (χ3n) is 9.71. The van der Waals surface area contributed by atoms with Crippen molar-refractivity contribution >= 4 is 27.6 Å². The largest absolute Gasteiger partial charge is 0.306 e. The summed E-state index contributed by atoms with van der Waals surface area (Å²) in [6.45, 7) is 16.0. The maximum atomic E-state index is 5.29. The van der Waals surface area contributed by atoms with Crippen LogP contribution in [-0.2, 0) is 11.0 Å². The van der Waals surface area contributed by atoms with E-state index >= 15 is 0 Å². The van der Waals surface area contributed by atoms with Crippen LogP contribution < -0.4 is 4.40 Å². The molecule has 7 rings (SSSR count). The van der Waals surface area contributed by atoms with Crippen LogP contribution in [0, 0.1) is 0 Å². The van der Waals surface area contributed by atoms with Gasteiger partial charge in [-0.05, 0) is 84.2 Å². The molecule has 2 aliphatic carbocycles. The van der Waals surface area contributed by atoms with Crippen molar-refractivity contribution < 1.29 is 4.40 Å². The van der Waals surface area contributed by atoms with Crippen LogP contribution in [0.2, 0.25) is 0 Å². The van der Waals surface area contributed by atoms with Gasteiger partial charge in [-0.2, -0.15) is 4.40 Å². The van der Waals surface area contributed by atoms with Gasteiger partial charge in [0.05, 0.1) is 11.6 Å². The number of imidazole rings is 1. The summed E-state index contributed by atoms with van der Waals surface area (Å²) in [6.07, 6.45) is 10.8. The second kappa shape index (κ2) is 6.50. The molecular weight excluding hydrogens is 414 g/mol. The van der Waals surface area contributed by atoms with Crippen LogP contribution in [0.25, 0.3) is 27.6 Å². The zero-order valence-corrected chi connectivity index (χ0v) is 21.3. The number of pyridine rings is 2. The van der Waals surface area contributed by atoms with E-state index in [9.17, 15) is 0 Å². The molecular formula is C31H36N3+. The van der Waals surface area contributed by atoms with Gasteiger partial charge in [0.1, 0.15) is 11.2 Å². The van der Waals surface area contributed by atoms with Gasteiger partial charge in [-0.25, -0.2) is 4.57 Å². The monoisotopic (exact) mass is 450 g/mol. The van der Waals surface area contributed by atoms with Crippen LogP contribution in [0.5, 0.6) is 0 Å². The number of allylic oxidation sites excluding steroid dienone is 1. The van der Waals surface area contributed by atoms with Crippen LogP contribution in [0.4, 0.5) is 0 Å². The average Bonchev–Trinajstić information content (AvgIpc) is 3.53. The molecule has 1 aromatic carbocycles. The Morgan fingerprint density at radius 1 is 1.12 bits per heavy atom. The van der Waals surface area contributed by atoms with Crippen LogP contribution >= 0.6 is 0 Å². The van der Waals surface area contributed by atoms with E-state index in [1.165, 1.54) is 41.2 Å². The topological polar surface area (TPSA) is 21.9 Å². The van der Waals surface area contributed by atoms with Gasteiger partial charge in [-0.1, -0.05) is 46.8 Å². The predicted molar refractivity (Wildman–Crippen MR) is 140 cm³/mol. The zero-order valence-electron chi connectivity index (χ0n) is 21.3. The number of hydrogen-bond donors (Lipinski definition) is 0. The standard InChI is InChI=1S/C31H36N3/c1-7-22-27-25-19-11-10-18(16-19)21(25)17-20-14-15-33-28-23(12-13-24(32-28)30(4,5)6)34(29(33)26(20)27)31(22,8-2)9-3/h7,12-15,17-19,22H,1,8-11,16H2,2-6H3/q+1. The van der Waals surface area contributed by atoms with E-state index in [4.69, 9.17) is 4.98 Å². The van der Waals surface area contributed by atoms with E-state index in [0.29, 0.717) is 5.92 Å². The van der Waals surface area contributed by atoms with Gasteiger partial charge in [-0.15, -0.1) is 11.6 Å². The number of aromatic nitrogens is 3. The molecule has 174 valence electrons. The van der Waals surface area contributed by atoms with E-state index in [0.717, 1.165) is 36.0 Å². The molecule has 2 bridgehead atoms. The highest BCUT2D eigenvalue weighted by atomic mass is 15.2. The van der Waals surface area contributed by atoms with Crippen molar-refractivity contribution in [3.8, 4) is 0 Å². The Balaban J connectivity index is 1.73. The molecule has 34 heavy (non-hydrogen) atoms. The third-order valence-corrected chi connectivity index (χ3v) is 9.71. The molecule has 1 fully saturated rings. The molecule has 3 atom stereocenters. The van der Waals surface area contributed by atoms with Gasteiger partial charge in [0.25, 0.3) is 0 Å². The first kappa shape index (κ1) is 20.7. The Bertz CT molecular complexity index is 1530. The minimum atomic E-state index is -0.0298. The minimum absolute atomic E-state index is 0.0155. The van der Waals surface area contributed by atoms with Gasteiger partial charge in [0.15, 0.2) is 5.52 Å². The summed E-state index contributed by atoms with van der Waals surface area (Å²) in [7, 11) is 0. The quantitative estimate of drug-likeness (QED) is 0.236. The molecule has 3 heteroatoms. The lowest BCUT2D eigenvalue weighted by Gasteiger charge is -2.42. The highest BCUT2D eigenvalue weighted by Crippen LogP contribution is 2.60. The lowest BCUT2D eigenvalue weighted by atomic mass is 9.68. The lowest BCUT2D eigenvalue weighted by molar-refractivity contribution is -0.483. The minimum Gasteiger partial charge on any atom is -0.246 e. The second-order valence-electron chi connectivity index (χ2n) is 12.1. The fraction of sp³-hybridized carbons (Fsp3) is 0.484. The molecule has 0 amide bonds. The van der Waals surface area contributed by atoms with Crippen molar-refractivity contribution in [1.29, 1.82) is 0 Å². The van der Waals surface area contributed by atoms with Gasteiger partial charge < -0.3 is 0 Å². The molecule has 1 saturated carbocycles. The number of benzene rings is 1. The molecule has 3 aromatic heterocycles. The summed E-state index contributed by atoms with van der Waals surface area (Å²) in [5.74, 6) is 1.81. The summed E-state index contributed by atoms with van der Waals surface area (Å²) in [6, 6.07) is 9.47. The Labute approximate surface area is 202 Å². The molecule has 4 heterocycles. The molecule has 0 radical (unpaired) electrons.